The minimum Gasteiger partial charge on any atom is -0.441 e. The fourth-order valence-electron chi connectivity index (χ4n) is 2.87. The van der Waals surface area contributed by atoms with Crippen molar-refractivity contribution in [2.45, 2.75) is 64.0 Å². The van der Waals surface area contributed by atoms with Crippen molar-refractivity contribution in [3.63, 3.8) is 0 Å². The van der Waals surface area contributed by atoms with E-state index in [4.69, 9.17) is 4.42 Å². The first-order valence-electron chi connectivity index (χ1n) is 9.17. The van der Waals surface area contributed by atoms with Gasteiger partial charge in [-0.1, -0.05) is 44.9 Å². The van der Waals surface area contributed by atoms with Crippen LogP contribution >= 0.6 is 11.3 Å². The molecule has 3 N–H and O–H groups in total. The molecular weight excluding hydrogens is 364 g/mol. The van der Waals surface area contributed by atoms with Crippen LogP contribution in [-0.4, -0.2) is 33.3 Å². The quantitative estimate of drug-likeness (QED) is 0.732. The highest BCUT2D eigenvalue weighted by atomic mass is 32.1. The van der Waals surface area contributed by atoms with Crippen molar-refractivity contribution >= 4 is 34.7 Å². The van der Waals surface area contributed by atoms with Gasteiger partial charge in [-0.3, -0.25) is 5.32 Å². The average Bonchev–Trinajstić information content (AvgIpc) is 3.24. The lowest BCUT2D eigenvalue weighted by Gasteiger charge is -2.28. The van der Waals surface area contributed by atoms with Gasteiger partial charge in [0, 0.05) is 22.6 Å². The molecule has 2 heterocycles. The highest BCUT2D eigenvalue weighted by molar-refractivity contribution is 7.16. The molecule has 1 fully saturated rings. The number of hydrogen-bond acceptors (Lipinski definition) is 6. The fourth-order valence-corrected chi connectivity index (χ4v) is 3.58. The molecule has 1 aliphatic carbocycles. The number of anilines is 1. The Morgan fingerprint density at radius 2 is 2.04 bits per heavy atom. The molecule has 0 bridgehead atoms. The van der Waals surface area contributed by atoms with Crippen molar-refractivity contribution in [1.82, 2.24) is 15.3 Å². The van der Waals surface area contributed by atoms with E-state index in [1.807, 2.05) is 6.08 Å². The summed E-state index contributed by atoms with van der Waals surface area (Å²) in [5.74, 6) is 1.36. The van der Waals surface area contributed by atoms with E-state index < -0.39 is 6.10 Å². The number of nitrogens with zero attached hydrogens (tertiary/aromatic N) is 2. The van der Waals surface area contributed by atoms with Gasteiger partial charge in [-0.25, -0.2) is 14.8 Å². The lowest BCUT2D eigenvalue weighted by molar-refractivity contribution is 0.0955. The van der Waals surface area contributed by atoms with Crippen LogP contribution in [0.5, 0.6) is 0 Å². The SMILES string of the molecule is CC(C)(C)c1cnc(C=Cc2cnc(NC(=O)N[C@H]3CCCC[C@@H]3O)s2)o1. The zero-order valence-corrected chi connectivity index (χ0v) is 16.7. The van der Waals surface area contributed by atoms with E-state index in [-0.39, 0.29) is 17.5 Å². The van der Waals surface area contributed by atoms with Crippen molar-refractivity contribution in [1.29, 1.82) is 0 Å². The van der Waals surface area contributed by atoms with Gasteiger partial charge in [-0.2, -0.15) is 0 Å². The minimum absolute atomic E-state index is 0.0834. The maximum Gasteiger partial charge on any atom is 0.321 e. The Labute approximate surface area is 162 Å². The van der Waals surface area contributed by atoms with E-state index in [0.29, 0.717) is 11.0 Å². The molecule has 2 amide bonds. The van der Waals surface area contributed by atoms with Crippen LogP contribution < -0.4 is 10.6 Å². The number of carbonyl (C=O) groups is 1. The van der Waals surface area contributed by atoms with Crippen molar-refractivity contribution < 1.29 is 14.3 Å². The Morgan fingerprint density at radius 1 is 1.26 bits per heavy atom. The Kier molecular flexibility index (Phi) is 5.96. The van der Waals surface area contributed by atoms with Gasteiger partial charge in [-0.15, -0.1) is 0 Å². The van der Waals surface area contributed by atoms with Crippen LogP contribution in [0.4, 0.5) is 9.93 Å². The van der Waals surface area contributed by atoms with E-state index >= 15 is 0 Å². The van der Waals surface area contributed by atoms with Gasteiger partial charge in [0.15, 0.2) is 5.13 Å². The van der Waals surface area contributed by atoms with Crippen LogP contribution in [0.2, 0.25) is 0 Å². The zero-order chi connectivity index (χ0) is 19.4. The molecule has 146 valence electrons. The lowest BCUT2D eigenvalue weighted by Crippen LogP contribution is -2.46. The molecule has 1 saturated carbocycles. The topological polar surface area (TPSA) is 100 Å². The Hall–Kier alpha value is -2.19. The van der Waals surface area contributed by atoms with Crippen molar-refractivity contribution in [2.75, 3.05) is 5.32 Å². The summed E-state index contributed by atoms with van der Waals surface area (Å²) in [5.41, 5.74) is -0.0834. The molecule has 1 aliphatic rings. The summed E-state index contributed by atoms with van der Waals surface area (Å²) in [7, 11) is 0. The van der Waals surface area contributed by atoms with E-state index in [9.17, 15) is 9.90 Å². The van der Waals surface area contributed by atoms with Gasteiger partial charge >= 0.3 is 6.03 Å². The Bertz CT molecular complexity index is 806. The number of thiazole rings is 1. The minimum atomic E-state index is -0.474. The van der Waals surface area contributed by atoms with Crippen molar-refractivity contribution in [3.8, 4) is 0 Å². The number of hydrogen-bond donors (Lipinski definition) is 3. The lowest BCUT2D eigenvalue weighted by atomic mass is 9.93. The number of rotatable bonds is 4. The van der Waals surface area contributed by atoms with Gasteiger partial charge in [0.05, 0.1) is 18.3 Å². The smallest absolute Gasteiger partial charge is 0.321 e. The van der Waals surface area contributed by atoms with Crippen molar-refractivity contribution in [2.24, 2.45) is 0 Å². The number of aliphatic hydroxyl groups is 1. The molecule has 3 rings (SSSR count). The second kappa shape index (κ2) is 8.22. The largest absolute Gasteiger partial charge is 0.441 e. The number of urea groups is 1. The summed E-state index contributed by atoms with van der Waals surface area (Å²) >= 11 is 1.35. The summed E-state index contributed by atoms with van der Waals surface area (Å²) in [5, 5.41) is 16.0. The predicted octanol–water partition coefficient (Wildman–Crippen LogP) is 4.02. The van der Waals surface area contributed by atoms with Gasteiger partial charge in [0.25, 0.3) is 0 Å². The summed E-state index contributed by atoms with van der Waals surface area (Å²) in [4.78, 5) is 21.4. The number of aromatic nitrogens is 2. The number of aliphatic hydroxyl groups excluding tert-OH is 1. The Balaban J connectivity index is 1.55. The van der Waals surface area contributed by atoms with Gasteiger partial charge in [0.2, 0.25) is 5.89 Å². The van der Waals surface area contributed by atoms with E-state index in [1.54, 1.807) is 18.5 Å². The third-order valence-corrected chi connectivity index (χ3v) is 5.32. The Morgan fingerprint density at radius 3 is 2.74 bits per heavy atom. The number of amides is 2. The molecule has 0 aliphatic heterocycles. The molecule has 0 unspecified atom stereocenters. The molecular formula is C19H26N4O3S. The standard InChI is InChI=1S/C19H26N4O3S/c1-19(2,3)15-11-20-16(26-15)9-8-12-10-21-18(27-12)23-17(25)22-13-6-4-5-7-14(13)24/h8-11,13-14,24H,4-7H2,1-3H3,(H2,21,22,23,25)/t13-,14-/m0/s1. The average molecular weight is 391 g/mol. The first kappa shape index (κ1) is 19.6. The van der Waals surface area contributed by atoms with Crippen LogP contribution in [-0.2, 0) is 5.41 Å². The monoisotopic (exact) mass is 390 g/mol. The second-order valence-electron chi connectivity index (χ2n) is 7.77. The summed E-state index contributed by atoms with van der Waals surface area (Å²) < 4.78 is 5.72. The maximum atomic E-state index is 12.1. The third-order valence-electron chi connectivity index (χ3n) is 4.44. The first-order chi connectivity index (χ1) is 12.8. The van der Waals surface area contributed by atoms with Crippen molar-refractivity contribution in [3.05, 3.63) is 28.9 Å². The maximum absolute atomic E-state index is 12.1. The van der Waals surface area contributed by atoms with Crippen LogP contribution in [0.3, 0.4) is 0 Å². The summed E-state index contributed by atoms with van der Waals surface area (Å²) in [6.45, 7) is 6.21. The number of nitrogens with one attached hydrogen (secondary N) is 2. The molecule has 27 heavy (non-hydrogen) atoms. The molecule has 7 nitrogen and oxygen atoms in total. The number of oxazole rings is 1. The van der Waals surface area contributed by atoms with Gasteiger partial charge in [-0.05, 0) is 18.9 Å². The molecule has 0 aromatic carbocycles. The van der Waals surface area contributed by atoms with Crippen LogP contribution in [0.1, 0.15) is 63.0 Å². The third kappa shape index (κ3) is 5.40. The molecule has 2 atom stereocenters. The highest BCUT2D eigenvalue weighted by Crippen LogP contribution is 2.25. The van der Waals surface area contributed by atoms with Crippen LogP contribution in [0.15, 0.2) is 16.8 Å². The first-order valence-corrected chi connectivity index (χ1v) is 9.99. The van der Waals surface area contributed by atoms with Crippen LogP contribution in [0, 0.1) is 0 Å². The van der Waals surface area contributed by atoms with Crippen LogP contribution in [0.25, 0.3) is 12.2 Å². The molecule has 0 radical (unpaired) electrons. The van der Waals surface area contributed by atoms with E-state index in [0.717, 1.165) is 36.3 Å². The normalized spacial score (nSPS) is 20.7. The second-order valence-corrected chi connectivity index (χ2v) is 8.83. The summed E-state index contributed by atoms with van der Waals surface area (Å²) in [6.07, 6.45) is 10.1. The van der Waals surface area contributed by atoms with Gasteiger partial charge < -0.3 is 14.8 Å². The molecule has 2 aromatic rings. The predicted molar refractivity (Wildman–Crippen MR) is 107 cm³/mol. The van der Waals surface area contributed by atoms with E-state index in [1.165, 1.54) is 11.3 Å². The van der Waals surface area contributed by atoms with Gasteiger partial charge in [0.1, 0.15) is 5.76 Å². The fraction of sp³-hybridized carbons (Fsp3) is 0.526. The van der Waals surface area contributed by atoms with E-state index in [2.05, 4.69) is 41.4 Å². The number of carbonyl (C=O) groups excluding carboxylic acids is 1. The zero-order valence-electron chi connectivity index (χ0n) is 15.9. The highest BCUT2D eigenvalue weighted by Gasteiger charge is 2.24. The molecule has 8 heteroatoms. The molecule has 0 saturated heterocycles. The summed E-state index contributed by atoms with van der Waals surface area (Å²) in [6, 6.07) is -0.534. The molecule has 2 aromatic heterocycles. The molecule has 0 spiro atoms.